The number of ether oxygens (including phenoxy) is 2. The number of hydrogen-bond acceptors (Lipinski definition) is 5. The van der Waals surface area contributed by atoms with Gasteiger partial charge in [0.25, 0.3) is 5.91 Å². The number of nitrogens with zero attached hydrogens (tertiary/aromatic N) is 2. The number of amides is 1. The number of rotatable bonds is 9. The van der Waals surface area contributed by atoms with E-state index >= 15 is 0 Å². The highest BCUT2D eigenvalue weighted by Crippen LogP contribution is 2.28. The van der Waals surface area contributed by atoms with Gasteiger partial charge in [-0.25, -0.2) is 4.98 Å². The SMILES string of the molecule is COc1cc(C(C)=O)ccc1OCC(=O)NCc1cccc(Cn2ccnc2)c1. The monoisotopic (exact) mass is 393 g/mol. The van der Waals surface area contributed by atoms with Gasteiger partial charge in [-0.05, 0) is 36.2 Å². The molecule has 0 radical (unpaired) electrons. The Morgan fingerprint density at radius 2 is 1.93 bits per heavy atom. The van der Waals surface area contributed by atoms with Crippen molar-refractivity contribution in [3.63, 3.8) is 0 Å². The summed E-state index contributed by atoms with van der Waals surface area (Å²) in [4.78, 5) is 27.7. The zero-order valence-electron chi connectivity index (χ0n) is 16.4. The summed E-state index contributed by atoms with van der Waals surface area (Å²) in [6, 6.07) is 12.9. The van der Waals surface area contributed by atoms with Gasteiger partial charge >= 0.3 is 0 Å². The van der Waals surface area contributed by atoms with Crippen molar-refractivity contribution < 1.29 is 19.1 Å². The molecule has 0 atom stereocenters. The van der Waals surface area contributed by atoms with Gasteiger partial charge in [0.15, 0.2) is 23.9 Å². The molecule has 0 bridgehead atoms. The van der Waals surface area contributed by atoms with E-state index in [1.54, 1.807) is 30.7 Å². The van der Waals surface area contributed by atoms with Gasteiger partial charge in [-0.15, -0.1) is 0 Å². The van der Waals surface area contributed by atoms with Crippen molar-refractivity contribution in [2.45, 2.75) is 20.0 Å². The van der Waals surface area contributed by atoms with Gasteiger partial charge in [-0.3, -0.25) is 9.59 Å². The third-order valence-corrected chi connectivity index (χ3v) is 4.33. The van der Waals surface area contributed by atoms with Crippen molar-refractivity contribution in [1.82, 2.24) is 14.9 Å². The van der Waals surface area contributed by atoms with E-state index in [1.165, 1.54) is 14.0 Å². The third-order valence-electron chi connectivity index (χ3n) is 4.33. The largest absolute Gasteiger partial charge is 0.493 e. The first-order valence-electron chi connectivity index (χ1n) is 9.17. The minimum absolute atomic E-state index is 0.0668. The first-order chi connectivity index (χ1) is 14.0. The van der Waals surface area contributed by atoms with Crippen molar-refractivity contribution in [1.29, 1.82) is 0 Å². The molecule has 2 aromatic carbocycles. The summed E-state index contributed by atoms with van der Waals surface area (Å²) in [6.07, 6.45) is 5.42. The summed E-state index contributed by atoms with van der Waals surface area (Å²) >= 11 is 0. The van der Waals surface area contributed by atoms with Gasteiger partial charge in [0, 0.05) is 31.0 Å². The van der Waals surface area contributed by atoms with Crippen molar-refractivity contribution >= 4 is 11.7 Å². The van der Waals surface area contributed by atoms with E-state index in [0.717, 1.165) is 17.7 Å². The van der Waals surface area contributed by atoms with Crippen LogP contribution in [0.4, 0.5) is 0 Å². The molecule has 0 aliphatic rings. The molecule has 0 unspecified atom stereocenters. The highest BCUT2D eigenvalue weighted by Gasteiger charge is 2.10. The Kier molecular flexibility index (Phi) is 6.63. The van der Waals surface area contributed by atoms with Gasteiger partial charge in [0.2, 0.25) is 0 Å². The van der Waals surface area contributed by atoms with Crippen LogP contribution in [-0.2, 0) is 17.9 Å². The molecule has 0 saturated carbocycles. The van der Waals surface area contributed by atoms with E-state index in [-0.39, 0.29) is 18.3 Å². The fourth-order valence-electron chi connectivity index (χ4n) is 2.83. The van der Waals surface area contributed by atoms with E-state index in [4.69, 9.17) is 9.47 Å². The second kappa shape index (κ2) is 9.54. The van der Waals surface area contributed by atoms with Crippen molar-refractivity contribution in [3.8, 4) is 11.5 Å². The normalized spacial score (nSPS) is 10.4. The predicted octanol–water partition coefficient (Wildman–Crippen LogP) is 2.84. The summed E-state index contributed by atoms with van der Waals surface area (Å²) in [6.45, 7) is 2.46. The lowest BCUT2D eigenvalue weighted by molar-refractivity contribution is -0.123. The van der Waals surface area contributed by atoms with E-state index in [1.807, 2.05) is 35.0 Å². The average molecular weight is 393 g/mol. The van der Waals surface area contributed by atoms with Crippen LogP contribution in [0.15, 0.2) is 61.2 Å². The minimum atomic E-state index is -0.247. The molecule has 1 N–H and O–H groups in total. The van der Waals surface area contributed by atoms with E-state index in [0.29, 0.717) is 23.6 Å². The highest BCUT2D eigenvalue weighted by atomic mass is 16.5. The summed E-state index contributed by atoms with van der Waals surface area (Å²) in [7, 11) is 1.49. The van der Waals surface area contributed by atoms with Crippen molar-refractivity contribution in [2.75, 3.05) is 13.7 Å². The van der Waals surface area contributed by atoms with Crippen LogP contribution in [0.1, 0.15) is 28.4 Å². The Morgan fingerprint density at radius 3 is 2.66 bits per heavy atom. The van der Waals surface area contributed by atoms with Crippen LogP contribution in [0.5, 0.6) is 11.5 Å². The van der Waals surface area contributed by atoms with E-state index in [2.05, 4.69) is 10.3 Å². The summed E-state index contributed by atoms with van der Waals surface area (Å²) in [5.74, 6) is 0.512. The molecule has 3 rings (SSSR count). The zero-order valence-corrected chi connectivity index (χ0v) is 16.4. The smallest absolute Gasteiger partial charge is 0.258 e. The second-order valence-corrected chi connectivity index (χ2v) is 6.54. The van der Waals surface area contributed by atoms with Crippen LogP contribution in [0, 0.1) is 0 Å². The standard InChI is InChI=1S/C22H23N3O4/c1-16(26)19-6-7-20(21(11-19)28-2)29-14-22(27)24-12-17-4-3-5-18(10-17)13-25-9-8-23-15-25/h3-11,15H,12-14H2,1-2H3,(H,24,27). The fraction of sp³-hybridized carbons (Fsp3) is 0.227. The average Bonchev–Trinajstić information content (AvgIpc) is 3.23. The lowest BCUT2D eigenvalue weighted by Gasteiger charge is -2.12. The molecule has 150 valence electrons. The number of carbonyl (C=O) groups is 2. The number of nitrogens with one attached hydrogen (secondary N) is 1. The number of hydrogen-bond donors (Lipinski definition) is 1. The van der Waals surface area contributed by atoms with Crippen LogP contribution in [0.25, 0.3) is 0 Å². The highest BCUT2D eigenvalue weighted by molar-refractivity contribution is 5.94. The van der Waals surface area contributed by atoms with Crippen LogP contribution >= 0.6 is 0 Å². The van der Waals surface area contributed by atoms with Crippen molar-refractivity contribution in [3.05, 3.63) is 77.9 Å². The van der Waals surface area contributed by atoms with Crippen LogP contribution < -0.4 is 14.8 Å². The Bertz CT molecular complexity index is 983. The molecule has 0 fully saturated rings. The van der Waals surface area contributed by atoms with Gasteiger partial charge in [0.05, 0.1) is 13.4 Å². The van der Waals surface area contributed by atoms with Crippen molar-refractivity contribution in [2.24, 2.45) is 0 Å². The lowest BCUT2D eigenvalue weighted by atomic mass is 10.1. The van der Waals surface area contributed by atoms with Gasteiger partial charge in [-0.1, -0.05) is 24.3 Å². The molecule has 3 aromatic rings. The maximum absolute atomic E-state index is 12.2. The summed E-state index contributed by atoms with van der Waals surface area (Å²) in [5, 5.41) is 2.84. The van der Waals surface area contributed by atoms with Crippen LogP contribution in [-0.4, -0.2) is 35.0 Å². The van der Waals surface area contributed by atoms with Gasteiger partial charge in [-0.2, -0.15) is 0 Å². The molecule has 1 heterocycles. The zero-order chi connectivity index (χ0) is 20.6. The summed E-state index contributed by atoms with van der Waals surface area (Å²) < 4.78 is 12.8. The molecular formula is C22H23N3O4. The van der Waals surface area contributed by atoms with Gasteiger partial charge < -0.3 is 19.4 Å². The molecule has 0 spiro atoms. The molecule has 1 amide bonds. The fourth-order valence-corrected chi connectivity index (χ4v) is 2.83. The number of benzene rings is 2. The lowest BCUT2D eigenvalue weighted by Crippen LogP contribution is -2.28. The minimum Gasteiger partial charge on any atom is -0.493 e. The number of ketones is 1. The topological polar surface area (TPSA) is 82.5 Å². The third kappa shape index (κ3) is 5.68. The van der Waals surface area contributed by atoms with E-state index < -0.39 is 0 Å². The quantitative estimate of drug-likeness (QED) is 0.565. The summed E-state index contributed by atoms with van der Waals surface area (Å²) in [5.41, 5.74) is 2.65. The molecule has 1 aromatic heterocycles. The first-order valence-corrected chi connectivity index (χ1v) is 9.17. The second-order valence-electron chi connectivity index (χ2n) is 6.54. The number of carbonyl (C=O) groups excluding carboxylic acids is 2. The number of Topliss-reactive ketones (excluding diaryl/α,β-unsaturated/α-hetero) is 1. The number of imidazole rings is 1. The Labute approximate surface area is 169 Å². The number of methoxy groups -OCH3 is 1. The molecule has 7 nitrogen and oxygen atoms in total. The Hall–Kier alpha value is -3.61. The van der Waals surface area contributed by atoms with Gasteiger partial charge in [0.1, 0.15) is 0 Å². The molecule has 7 heteroatoms. The Balaban J connectivity index is 1.52. The molecule has 0 saturated heterocycles. The molecule has 0 aliphatic heterocycles. The van der Waals surface area contributed by atoms with Crippen LogP contribution in [0.3, 0.4) is 0 Å². The van der Waals surface area contributed by atoms with E-state index in [9.17, 15) is 9.59 Å². The maximum Gasteiger partial charge on any atom is 0.258 e. The number of aromatic nitrogens is 2. The molecule has 29 heavy (non-hydrogen) atoms. The maximum atomic E-state index is 12.2. The molecule has 0 aliphatic carbocycles. The van der Waals surface area contributed by atoms with Crippen LogP contribution in [0.2, 0.25) is 0 Å². The predicted molar refractivity (Wildman–Crippen MR) is 108 cm³/mol. The first kappa shape index (κ1) is 20.1. The molecular weight excluding hydrogens is 370 g/mol. The Morgan fingerprint density at radius 1 is 1.10 bits per heavy atom.